The van der Waals surface area contributed by atoms with Crippen LogP contribution in [0, 0.1) is 5.92 Å². The summed E-state index contributed by atoms with van der Waals surface area (Å²) in [7, 11) is 3.99. The van der Waals surface area contributed by atoms with Crippen molar-refractivity contribution < 1.29 is 9.59 Å². The zero-order valence-electron chi connectivity index (χ0n) is 14.0. The van der Waals surface area contributed by atoms with E-state index in [9.17, 15) is 9.59 Å². The fourth-order valence-corrected chi connectivity index (χ4v) is 3.42. The fourth-order valence-electron chi connectivity index (χ4n) is 3.42. The second-order valence-electron chi connectivity index (χ2n) is 6.82. The number of nitrogens with zero attached hydrogens (tertiary/aromatic N) is 3. The van der Waals surface area contributed by atoms with E-state index in [2.05, 4.69) is 23.1 Å². The Morgan fingerprint density at radius 2 is 2.00 bits per heavy atom. The Kier molecular flexibility index (Phi) is 4.66. The average Bonchev–Trinajstić information content (AvgIpc) is 2.92. The number of likely N-dealkylation sites (N-methyl/N-ethyl adjacent to an activating group) is 1. The molecule has 1 saturated heterocycles. The normalized spacial score (nSPS) is 21.0. The molecule has 0 radical (unpaired) electrons. The topological polar surface area (TPSA) is 43.9 Å². The summed E-state index contributed by atoms with van der Waals surface area (Å²) < 4.78 is 0. The molecule has 1 atom stereocenters. The Labute approximate surface area is 137 Å². The maximum Gasteiger partial charge on any atom is 0.228 e. The van der Waals surface area contributed by atoms with Crippen molar-refractivity contribution in [3.05, 3.63) is 35.4 Å². The third kappa shape index (κ3) is 3.55. The first kappa shape index (κ1) is 16.0. The molecular weight excluding hydrogens is 290 g/mol. The maximum atomic E-state index is 12.8. The van der Waals surface area contributed by atoms with Gasteiger partial charge in [-0.2, -0.15) is 0 Å². The van der Waals surface area contributed by atoms with Gasteiger partial charge in [0.25, 0.3) is 0 Å². The second-order valence-corrected chi connectivity index (χ2v) is 6.82. The monoisotopic (exact) mass is 315 g/mol. The minimum atomic E-state index is -0.171. The summed E-state index contributed by atoms with van der Waals surface area (Å²) in [6, 6.07) is 8.31. The lowest BCUT2D eigenvalue weighted by molar-refractivity contribution is -0.136. The van der Waals surface area contributed by atoms with Crippen molar-refractivity contribution in [3.8, 4) is 0 Å². The molecule has 2 aliphatic heterocycles. The quantitative estimate of drug-likeness (QED) is 0.832. The summed E-state index contributed by atoms with van der Waals surface area (Å²) in [5.74, 6) is 0.0812. The predicted molar refractivity (Wildman–Crippen MR) is 88.8 cm³/mol. The van der Waals surface area contributed by atoms with Crippen LogP contribution in [0.3, 0.4) is 0 Å². The lowest BCUT2D eigenvalue weighted by Crippen LogP contribution is -2.41. The van der Waals surface area contributed by atoms with Crippen molar-refractivity contribution >= 4 is 11.8 Å². The van der Waals surface area contributed by atoms with E-state index in [1.165, 1.54) is 11.1 Å². The largest absolute Gasteiger partial charge is 0.341 e. The number of hydrogen-bond donors (Lipinski definition) is 0. The summed E-state index contributed by atoms with van der Waals surface area (Å²) in [4.78, 5) is 30.7. The van der Waals surface area contributed by atoms with Gasteiger partial charge < -0.3 is 14.7 Å². The van der Waals surface area contributed by atoms with E-state index < -0.39 is 0 Å². The molecule has 0 aromatic heterocycles. The van der Waals surface area contributed by atoms with Crippen molar-refractivity contribution in [2.75, 3.05) is 40.3 Å². The summed E-state index contributed by atoms with van der Waals surface area (Å²) in [6.45, 7) is 3.56. The minimum Gasteiger partial charge on any atom is -0.341 e. The van der Waals surface area contributed by atoms with Crippen LogP contribution in [0.15, 0.2) is 24.3 Å². The van der Waals surface area contributed by atoms with Gasteiger partial charge in [0.1, 0.15) is 0 Å². The molecule has 5 heteroatoms. The van der Waals surface area contributed by atoms with E-state index in [0.29, 0.717) is 26.1 Å². The highest BCUT2D eigenvalue weighted by Gasteiger charge is 2.36. The van der Waals surface area contributed by atoms with E-state index in [1.54, 1.807) is 0 Å². The number of carbonyl (C=O) groups excluding carboxylic acids is 2. The Morgan fingerprint density at radius 1 is 1.26 bits per heavy atom. The number of benzene rings is 1. The van der Waals surface area contributed by atoms with Gasteiger partial charge in [0.05, 0.1) is 5.92 Å². The molecule has 0 aliphatic carbocycles. The molecule has 5 nitrogen and oxygen atoms in total. The van der Waals surface area contributed by atoms with Crippen LogP contribution in [0.2, 0.25) is 0 Å². The fraction of sp³-hybridized carbons (Fsp3) is 0.556. The maximum absolute atomic E-state index is 12.8. The summed E-state index contributed by atoms with van der Waals surface area (Å²) in [5.41, 5.74) is 2.58. The highest BCUT2D eigenvalue weighted by atomic mass is 16.2. The second kappa shape index (κ2) is 6.71. The average molecular weight is 315 g/mol. The third-order valence-corrected chi connectivity index (χ3v) is 4.82. The molecular formula is C18H25N3O2. The molecule has 1 fully saturated rings. The van der Waals surface area contributed by atoms with Gasteiger partial charge in [0, 0.05) is 39.1 Å². The number of amides is 2. The molecule has 0 N–H and O–H groups in total. The summed E-state index contributed by atoms with van der Waals surface area (Å²) in [6.07, 6.45) is 1.28. The molecule has 1 aromatic rings. The highest BCUT2D eigenvalue weighted by molar-refractivity contribution is 5.89. The van der Waals surface area contributed by atoms with E-state index >= 15 is 0 Å². The predicted octanol–water partition coefficient (Wildman–Crippen LogP) is 0.981. The first-order valence-corrected chi connectivity index (χ1v) is 8.32. The Balaban J connectivity index is 1.60. The van der Waals surface area contributed by atoms with Crippen molar-refractivity contribution in [3.63, 3.8) is 0 Å². The van der Waals surface area contributed by atoms with Gasteiger partial charge in [-0.25, -0.2) is 0 Å². The number of likely N-dealkylation sites (tertiary alicyclic amines) is 1. The molecule has 3 rings (SSSR count). The molecule has 23 heavy (non-hydrogen) atoms. The summed E-state index contributed by atoms with van der Waals surface area (Å²) in [5, 5.41) is 0. The third-order valence-electron chi connectivity index (χ3n) is 4.82. The van der Waals surface area contributed by atoms with Crippen LogP contribution < -0.4 is 0 Å². The molecule has 124 valence electrons. The van der Waals surface area contributed by atoms with Crippen molar-refractivity contribution in [2.45, 2.75) is 19.4 Å². The zero-order chi connectivity index (χ0) is 16.4. The van der Waals surface area contributed by atoms with Crippen LogP contribution in [-0.4, -0.2) is 66.8 Å². The first-order valence-electron chi connectivity index (χ1n) is 8.32. The molecule has 1 aromatic carbocycles. The number of hydrogen-bond acceptors (Lipinski definition) is 3. The van der Waals surface area contributed by atoms with E-state index in [0.717, 1.165) is 19.5 Å². The van der Waals surface area contributed by atoms with E-state index in [-0.39, 0.29) is 17.7 Å². The molecule has 0 bridgehead atoms. The van der Waals surface area contributed by atoms with Gasteiger partial charge in [-0.15, -0.1) is 0 Å². The molecule has 2 heterocycles. The minimum absolute atomic E-state index is 0.114. The standard InChI is InChI=1S/C18H25N3O2/c1-19(2)9-10-20-13-16(11-17(20)22)18(23)21-8-7-14-5-3-4-6-15(14)12-21/h3-6,16H,7-13H2,1-2H3/t16-/m0/s1. The first-order chi connectivity index (χ1) is 11.0. The van der Waals surface area contributed by atoms with Gasteiger partial charge in [-0.3, -0.25) is 9.59 Å². The molecule has 0 unspecified atom stereocenters. The smallest absolute Gasteiger partial charge is 0.228 e. The van der Waals surface area contributed by atoms with Gasteiger partial charge in [-0.05, 0) is 31.6 Å². The number of fused-ring (bicyclic) bond motifs is 1. The van der Waals surface area contributed by atoms with Crippen LogP contribution in [0.25, 0.3) is 0 Å². The number of carbonyl (C=O) groups is 2. The lowest BCUT2D eigenvalue weighted by Gasteiger charge is -2.30. The Hall–Kier alpha value is -1.88. The van der Waals surface area contributed by atoms with Crippen molar-refractivity contribution in [1.29, 1.82) is 0 Å². The zero-order valence-corrected chi connectivity index (χ0v) is 14.0. The van der Waals surface area contributed by atoms with Gasteiger partial charge in [0.2, 0.25) is 11.8 Å². The van der Waals surface area contributed by atoms with Crippen molar-refractivity contribution in [1.82, 2.24) is 14.7 Å². The highest BCUT2D eigenvalue weighted by Crippen LogP contribution is 2.24. The van der Waals surface area contributed by atoms with Gasteiger partial charge in [-0.1, -0.05) is 24.3 Å². The van der Waals surface area contributed by atoms with Crippen LogP contribution in [-0.2, 0) is 22.6 Å². The molecule has 2 amide bonds. The Morgan fingerprint density at radius 3 is 2.74 bits per heavy atom. The molecule has 0 spiro atoms. The molecule has 0 saturated carbocycles. The molecule has 2 aliphatic rings. The van der Waals surface area contributed by atoms with E-state index in [1.807, 2.05) is 30.0 Å². The van der Waals surface area contributed by atoms with Gasteiger partial charge in [0.15, 0.2) is 0 Å². The van der Waals surface area contributed by atoms with E-state index in [4.69, 9.17) is 0 Å². The SMILES string of the molecule is CN(C)CCN1C[C@@H](C(=O)N2CCc3ccccc3C2)CC1=O. The van der Waals surface area contributed by atoms with Crippen molar-refractivity contribution in [2.24, 2.45) is 5.92 Å². The summed E-state index contributed by atoms with van der Waals surface area (Å²) >= 11 is 0. The lowest BCUT2D eigenvalue weighted by atomic mass is 9.98. The van der Waals surface area contributed by atoms with Crippen LogP contribution in [0.5, 0.6) is 0 Å². The van der Waals surface area contributed by atoms with Gasteiger partial charge >= 0.3 is 0 Å². The Bertz CT molecular complexity index is 600. The van der Waals surface area contributed by atoms with Crippen LogP contribution in [0.4, 0.5) is 0 Å². The number of rotatable bonds is 4. The van der Waals surface area contributed by atoms with Crippen LogP contribution >= 0.6 is 0 Å². The van der Waals surface area contributed by atoms with Crippen LogP contribution in [0.1, 0.15) is 17.5 Å².